The highest BCUT2D eigenvalue weighted by molar-refractivity contribution is 7.70. The fraction of sp³-hybridized carbons (Fsp3) is 0.300. The topological polar surface area (TPSA) is 130 Å². The molecule has 0 spiro atoms. The third-order valence-electron chi connectivity index (χ3n) is 7.56. The number of anilines is 5. The third-order valence-corrected chi connectivity index (χ3v) is 9.39. The number of nitrogens with zero attached hydrogens (tertiary/aromatic N) is 7. The first-order valence-corrected chi connectivity index (χ1v) is 17.2. The first kappa shape index (κ1) is 29.7. The standard InChI is InChI=1S/C30H33ClN9O3P/c1-20-13-21(35-30-32-15-23(31)29(37-30)36-24-7-4-5-8-26(24)44(2,3)42)14-25-28(20)40-12-11-39(16-22(40)17-43-25)27(41)9-6-10-38-18-33-34-19-38/h4-9,13-15,18-19,22H,10-12,16-17H2,1-3H3,(H2,32,35,36,37)/b9-6+/t22-/m1/s1. The highest BCUT2D eigenvalue weighted by Crippen LogP contribution is 2.41. The number of aromatic nitrogens is 5. The van der Waals surface area contributed by atoms with Crippen molar-refractivity contribution in [2.24, 2.45) is 0 Å². The van der Waals surface area contributed by atoms with Crippen LogP contribution in [0.5, 0.6) is 5.75 Å². The van der Waals surface area contributed by atoms with Crippen LogP contribution < -0.4 is 25.6 Å². The van der Waals surface area contributed by atoms with Gasteiger partial charge in [0.15, 0.2) is 5.82 Å². The summed E-state index contributed by atoms with van der Waals surface area (Å²) < 4.78 is 20.8. The van der Waals surface area contributed by atoms with E-state index < -0.39 is 7.14 Å². The number of para-hydroxylation sites is 1. The van der Waals surface area contributed by atoms with E-state index in [4.69, 9.17) is 16.3 Å². The molecule has 12 nitrogen and oxygen atoms in total. The Hall–Kier alpha value is -4.41. The van der Waals surface area contributed by atoms with Crippen LogP contribution in [-0.4, -0.2) is 81.2 Å². The minimum absolute atomic E-state index is 0.0153. The number of piperazine rings is 1. The molecule has 0 saturated carbocycles. The third kappa shape index (κ3) is 6.41. The lowest BCUT2D eigenvalue weighted by Gasteiger charge is -2.46. The van der Waals surface area contributed by atoms with E-state index in [0.717, 1.165) is 28.0 Å². The van der Waals surface area contributed by atoms with Crippen molar-refractivity contribution < 1.29 is 14.1 Å². The van der Waals surface area contributed by atoms with Crippen LogP contribution in [0.2, 0.25) is 5.02 Å². The van der Waals surface area contributed by atoms with E-state index in [1.807, 2.05) is 54.3 Å². The Balaban J connectivity index is 1.14. The summed E-state index contributed by atoms with van der Waals surface area (Å²) in [5.41, 5.74) is 3.52. The molecule has 2 aliphatic heterocycles. The fourth-order valence-electron chi connectivity index (χ4n) is 5.49. The maximum absolute atomic E-state index is 12.8. The Morgan fingerprint density at radius 2 is 1.95 bits per heavy atom. The number of fused-ring (bicyclic) bond motifs is 3. The molecular formula is C30H33ClN9O3P. The number of aryl methyl sites for hydroxylation is 1. The van der Waals surface area contributed by atoms with Gasteiger partial charge in [-0.1, -0.05) is 29.8 Å². The summed E-state index contributed by atoms with van der Waals surface area (Å²) in [4.78, 5) is 26.0. The van der Waals surface area contributed by atoms with Gasteiger partial charge in [-0.2, -0.15) is 4.98 Å². The number of carbonyl (C=O) groups excluding carboxylic acids is 1. The fourth-order valence-corrected chi connectivity index (χ4v) is 6.79. The number of hydrogen-bond acceptors (Lipinski definition) is 10. The molecule has 0 unspecified atom stereocenters. The van der Waals surface area contributed by atoms with Crippen LogP contribution in [0.1, 0.15) is 5.56 Å². The molecule has 6 rings (SSSR count). The Morgan fingerprint density at radius 3 is 2.75 bits per heavy atom. The van der Waals surface area contributed by atoms with Crippen molar-refractivity contribution in [3.05, 3.63) is 78.0 Å². The van der Waals surface area contributed by atoms with Crippen LogP contribution in [0.25, 0.3) is 0 Å². The minimum Gasteiger partial charge on any atom is -0.489 e. The maximum atomic E-state index is 12.8. The summed E-state index contributed by atoms with van der Waals surface area (Å²) in [6.07, 6.45) is 8.19. The van der Waals surface area contributed by atoms with Crippen molar-refractivity contribution in [3.8, 4) is 5.75 Å². The summed E-state index contributed by atoms with van der Waals surface area (Å²) in [7, 11) is -2.53. The number of benzene rings is 2. The number of nitrogens with one attached hydrogen (secondary N) is 2. The van der Waals surface area contributed by atoms with Crippen molar-refractivity contribution in [1.82, 2.24) is 29.6 Å². The molecule has 1 fully saturated rings. The van der Waals surface area contributed by atoms with Crippen molar-refractivity contribution in [3.63, 3.8) is 0 Å². The quantitative estimate of drug-likeness (QED) is 0.212. The smallest absolute Gasteiger partial charge is 0.246 e. The minimum atomic E-state index is -2.53. The van der Waals surface area contributed by atoms with Gasteiger partial charge in [-0.25, -0.2) is 4.98 Å². The molecule has 228 valence electrons. The summed E-state index contributed by atoms with van der Waals surface area (Å²) in [6.45, 7) is 8.42. The molecule has 2 aromatic heterocycles. The molecule has 2 aromatic carbocycles. The lowest BCUT2D eigenvalue weighted by molar-refractivity contribution is -0.127. The second-order valence-electron chi connectivity index (χ2n) is 11.2. The molecular weight excluding hydrogens is 601 g/mol. The molecule has 4 heterocycles. The van der Waals surface area contributed by atoms with Gasteiger partial charge in [-0.3, -0.25) is 4.79 Å². The number of hydrogen-bond donors (Lipinski definition) is 2. The summed E-state index contributed by atoms with van der Waals surface area (Å²) in [6, 6.07) is 11.4. The van der Waals surface area contributed by atoms with E-state index in [1.165, 1.54) is 6.20 Å². The van der Waals surface area contributed by atoms with E-state index in [1.54, 1.807) is 36.6 Å². The number of rotatable bonds is 8. The second-order valence-corrected chi connectivity index (χ2v) is 14.7. The molecule has 2 N–H and O–H groups in total. The SMILES string of the molecule is Cc1cc(Nc2ncc(Cl)c(Nc3ccccc3P(C)(C)=O)n2)cc2c1N1CCN(C(=O)/C=C/Cn3cnnc3)C[C@@H]1CO2. The van der Waals surface area contributed by atoms with Crippen LogP contribution in [0.3, 0.4) is 0 Å². The van der Waals surface area contributed by atoms with Crippen LogP contribution in [0.15, 0.2) is 67.4 Å². The van der Waals surface area contributed by atoms with Gasteiger partial charge in [0.05, 0.1) is 23.6 Å². The average Bonchev–Trinajstić information content (AvgIpc) is 3.51. The Morgan fingerprint density at radius 1 is 1.16 bits per heavy atom. The predicted molar refractivity (Wildman–Crippen MR) is 173 cm³/mol. The summed E-state index contributed by atoms with van der Waals surface area (Å²) in [5.74, 6) is 1.50. The number of amides is 1. The molecule has 0 bridgehead atoms. The van der Waals surface area contributed by atoms with Crippen LogP contribution in [0, 0.1) is 6.92 Å². The Bertz CT molecular complexity index is 1760. The van der Waals surface area contributed by atoms with E-state index in [0.29, 0.717) is 55.3 Å². The molecule has 0 radical (unpaired) electrons. The maximum Gasteiger partial charge on any atom is 0.246 e. The number of ether oxygens (including phenoxy) is 1. The van der Waals surface area contributed by atoms with Crippen LogP contribution >= 0.6 is 18.7 Å². The molecule has 4 aromatic rings. The normalized spacial score (nSPS) is 16.3. The molecule has 1 saturated heterocycles. The van der Waals surface area contributed by atoms with Crippen molar-refractivity contribution >= 4 is 58.8 Å². The first-order valence-electron chi connectivity index (χ1n) is 14.2. The number of carbonyl (C=O) groups is 1. The largest absolute Gasteiger partial charge is 0.489 e. The van der Waals surface area contributed by atoms with E-state index in [-0.39, 0.29) is 11.9 Å². The number of allylic oxidation sites excluding steroid dienone is 1. The van der Waals surface area contributed by atoms with Gasteiger partial charge in [-0.05, 0) is 44.0 Å². The first-order chi connectivity index (χ1) is 21.2. The van der Waals surface area contributed by atoms with Gasteiger partial charge in [-0.15, -0.1) is 10.2 Å². The van der Waals surface area contributed by atoms with Gasteiger partial charge in [0.2, 0.25) is 11.9 Å². The molecule has 0 aliphatic carbocycles. The predicted octanol–water partition coefficient (Wildman–Crippen LogP) is 4.43. The van der Waals surface area contributed by atoms with Gasteiger partial charge >= 0.3 is 0 Å². The summed E-state index contributed by atoms with van der Waals surface area (Å²) in [5, 5.41) is 15.1. The molecule has 1 amide bonds. The highest BCUT2D eigenvalue weighted by Gasteiger charge is 2.35. The van der Waals surface area contributed by atoms with Crippen LogP contribution in [-0.2, 0) is 15.9 Å². The molecule has 14 heteroatoms. The monoisotopic (exact) mass is 633 g/mol. The van der Waals surface area contributed by atoms with Crippen molar-refractivity contribution in [1.29, 1.82) is 0 Å². The van der Waals surface area contributed by atoms with Crippen molar-refractivity contribution in [2.75, 3.05) is 55.1 Å². The Kier molecular flexibility index (Phi) is 8.29. The highest BCUT2D eigenvalue weighted by atomic mass is 35.5. The molecule has 2 aliphatic rings. The number of halogens is 1. The second kappa shape index (κ2) is 12.3. The zero-order valence-electron chi connectivity index (χ0n) is 24.6. The van der Waals surface area contributed by atoms with Crippen LogP contribution in [0.4, 0.5) is 28.8 Å². The van der Waals surface area contributed by atoms with E-state index in [9.17, 15) is 9.36 Å². The lowest BCUT2D eigenvalue weighted by Crippen LogP contribution is -2.58. The van der Waals surface area contributed by atoms with E-state index in [2.05, 4.69) is 35.7 Å². The van der Waals surface area contributed by atoms with E-state index >= 15 is 0 Å². The Labute approximate surface area is 260 Å². The van der Waals surface area contributed by atoms with Gasteiger partial charge in [0, 0.05) is 49.3 Å². The molecule has 1 atom stereocenters. The van der Waals surface area contributed by atoms with Gasteiger partial charge in [0.1, 0.15) is 37.2 Å². The average molecular weight is 634 g/mol. The molecule has 44 heavy (non-hydrogen) atoms. The zero-order valence-corrected chi connectivity index (χ0v) is 26.3. The zero-order chi connectivity index (χ0) is 30.8. The van der Waals surface area contributed by atoms with Gasteiger partial charge in [0.25, 0.3) is 0 Å². The summed E-state index contributed by atoms with van der Waals surface area (Å²) >= 11 is 6.43. The van der Waals surface area contributed by atoms with Gasteiger partial charge < -0.3 is 34.3 Å². The lowest BCUT2D eigenvalue weighted by atomic mass is 10.0. The van der Waals surface area contributed by atoms with Crippen molar-refractivity contribution in [2.45, 2.75) is 19.5 Å².